The van der Waals surface area contributed by atoms with Crippen molar-refractivity contribution in [2.24, 2.45) is 7.05 Å². The van der Waals surface area contributed by atoms with Crippen LogP contribution in [0.2, 0.25) is 0 Å². The number of hydrogen-bond donors (Lipinski definition) is 1. The SMILES string of the molecule is [C-]#[N+]c1c(N2CCOCC2)sc(C(=O)O)c1Cc1cc2ccccc2n1C. The Kier molecular flexibility index (Phi) is 4.60. The summed E-state index contributed by atoms with van der Waals surface area (Å²) in [5.74, 6) is -0.974. The molecule has 7 heteroatoms. The molecule has 0 bridgehead atoms. The lowest BCUT2D eigenvalue weighted by molar-refractivity contribution is 0.0701. The van der Waals surface area contributed by atoms with Crippen LogP contribution in [0.15, 0.2) is 30.3 Å². The standard InChI is InChI=1S/C20H19N3O3S/c1-21-17-15(12-14-11-13-5-3-4-6-16(13)22(14)2)18(20(24)25)27-19(17)23-7-9-26-10-8-23/h3-6,11H,7-10,12H2,2H3,(H,24,25). The first-order valence-electron chi connectivity index (χ1n) is 8.72. The van der Waals surface area contributed by atoms with Gasteiger partial charge < -0.3 is 19.3 Å². The second-order valence-electron chi connectivity index (χ2n) is 6.51. The molecule has 1 aliphatic heterocycles. The molecule has 0 radical (unpaired) electrons. The molecule has 1 aliphatic rings. The number of carboxylic acids is 1. The summed E-state index contributed by atoms with van der Waals surface area (Å²) in [4.78, 5) is 18.0. The largest absolute Gasteiger partial charge is 0.477 e. The Morgan fingerprint density at radius 2 is 2.07 bits per heavy atom. The summed E-state index contributed by atoms with van der Waals surface area (Å²) in [6.45, 7) is 10.2. The molecule has 0 saturated carbocycles. The van der Waals surface area contributed by atoms with E-state index in [2.05, 4.69) is 20.4 Å². The van der Waals surface area contributed by atoms with E-state index in [1.54, 1.807) is 0 Å². The number of rotatable bonds is 4. The van der Waals surface area contributed by atoms with Crippen LogP contribution in [0.3, 0.4) is 0 Å². The van der Waals surface area contributed by atoms with Gasteiger partial charge in [-0.3, -0.25) is 0 Å². The molecule has 1 saturated heterocycles. The third kappa shape index (κ3) is 3.07. The average Bonchev–Trinajstić information content (AvgIpc) is 3.21. The van der Waals surface area contributed by atoms with Crippen molar-refractivity contribution in [1.29, 1.82) is 0 Å². The maximum absolute atomic E-state index is 11.9. The number of carbonyl (C=O) groups is 1. The summed E-state index contributed by atoms with van der Waals surface area (Å²) >= 11 is 1.21. The van der Waals surface area contributed by atoms with E-state index in [1.165, 1.54) is 11.3 Å². The van der Waals surface area contributed by atoms with Crippen molar-refractivity contribution in [2.75, 3.05) is 31.2 Å². The zero-order valence-corrected chi connectivity index (χ0v) is 15.8. The lowest BCUT2D eigenvalue weighted by atomic mass is 10.1. The number of nitrogens with zero attached hydrogens (tertiary/aromatic N) is 3. The molecule has 0 unspecified atom stereocenters. The molecule has 6 nitrogen and oxygen atoms in total. The van der Waals surface area contributed by atoms with Gasteiger partial charge in [0.05, 0.1) is 24.8 Å². The molecule has 4 rings (SSSR count). The van der Waals surface area contributed by atoms with Gasteiger partial charge in [0.15, 0.2) is 0 Å². The minimum Gasteiger partial charge on any atom is -0.477 e. The Hall–Kier alpha value is -2.82. The molecule has 1 fully saturated rings. The van der Waals surface area contributed by atoms with Gasteiger partial charge in [0.1, 0.15) is 4.88 Å². The van der Waals surface area contributed by atoms with E-state index in [0.29, 0.717) is 44.0 Å². The third-order valence-electron chi connectivity index (χ3n) is 4.97. The summed E-state index contributed by atoms with van der Waals surface area (Å²) in [6, 6.07) is 10.1. The van der Waals surface area contributed by atoms with Gasteiger partial charge in [-0.05, 0) is 23.1 Å². The van der Waals surface area contributed by atoms with Crippen LogP contribution in [0.4, 0.5) is 10.7 Å². The van der Waals surface area contributed by atoms with Gasteiger partial charge in [-0.15, -0.1) is 11.3 Å². The second kappa shape index (κ2) is 7.06. The monoisotopic (exact) mass is 381 g/mol. The van der Waals surface area contributed by atoms with Crippen LogP contribution >= 0.6 is 11.3 Å². The molecule has 138 valence electrons. The van der Waals surface area contributed by atoms with Gasteiger partial charge in [0.2, 0.25) is 5.69 Å². The van der Waals surface area contributed by atoms with E-state index in [-0.39, 0.29) is 4.88 Å². The molecule has 1 N–H and O–H groups in total. The highest BCUT2D eigenvalue weighted by Crippen LogP contribution is 2.44. The van der Waals surface area contributed by atoms with E-state index in [4.69, 9.17) is 11.3 Å². The van der Waals surface area contributed by atoms with Crippen molar-refractivity contribution >= 4 is 38.9 Å². The predicted octanol–water partition coefficient (Wildman–Crippen LogP) is 3.92. The van der Waals surface area contributed by atoms with E-state index < -0.39 is 5.97 Å². The van der Waals surface area contributed by atoms with E-state index >= 15 is 0 Å². The smallest absolute Gasteiger partial charge is 0.344 e. The predicted molar refractivity (Wildman–Crippen MR) is 106 cm³/mol. The minimum absolute atomic E-state index is 0.257. The van der Waals surface area contributed by atoms with Crippen molar-refractivity contribution in [3.8, 4) is 0 Å². The first-order valence-corrected chi connectivity index (χ1v) is 9.54. The number of morpholine rings is 1. The number of anilines is 1. The minimum atomic E-state index is -0.974. The number of carboxylic acid groups (broad SMARTS) is 1. The van der Waals surface area contributed by atoms with Crippen molar-refractivity contribution in [3.63, 3.8) is 0 Å². The molecule has 2 aromatic heterocycles. The maximum atomic E-state index is 11.9. The van der Waals surface area contributed by atoms with Gasteiger partial charge in [0.25, 0.3) is 0 Å². The maximum Gasteiger partial charge on any atom is 0.344 e. The quantitative estimate of drug-likeness (QED) is 0.696. The third-order valence-corrected chi connectivity index (χ3v) is 6.24. The fraction of sp³-hybridized carbons (Fsp3) is 0.300. The van der Waals surface area contributed by atoms with Gasteiger partial charge >= 0.3 is 5.97 Å². The number of ether oxygens (including phenoxy) is 1. The highest BCUT2D eigenvalue weighted by atomic mass is 32.1. The number of benzene rings is 1. The number of aromatic nitrogens is 1. The zero-order valence-electron chi connectivity index (χ0n) is 14.9. The van der Waals surface area contributed by atoms with Crippen LogP contribution in [0.25, 0.3) is 15.7 Å². The highest BCUT2D eigenvalue weighted by Gasteiger charge is 2.27. The normalized spacial score (nSPS) is 14.4. The molecule has 0 amide bonds. The summed E-state index contributed by atoms with van der Waals surface area (Å²) in [6.07, 6.45) is 0.422. The molecule has 0 spiro atoms. The lowest BCUT2D eigenvalue weighted by Crippen LogP contribution is -2.35. The second-order valence-corrected chi connectivity index (χ2v) is 7.51. The number of hydrogen-bond acceptors (Lipinski definition) is 4. The molecular weight excluding hydrogens is 362 g/mol. The Bertz CT molecular complexity index is 1050. The number of para-hydroxylation sites is 1. The van der Waals surface area contributed by atoms with E-state index in [0.717, 1.165) is 21.6 Å². The Labute approximate surface area is 161 Å². The molecule has 3 aromatic rings. The van der Waals surface area contributed by atoms with Crippen LogP contribution in [-0.4, -0.2) is 41.9 Å². The fourth-order valence-corrected chi connectivity index (χ4v) is 4.72. The summed E-state index contributed by atoms with van der Waals surface area (Å²) in [7, 11) is 1.98. The number of fused-ring (bicyclic) bond motifs is 1. The molecule has 0 aliphatic carbocycles. The molecule has 27 heavy (non-hydrogen) atoms. The Balaban J connectivity index is 1.81. The average molecular weight is 381 g/mol. The van der Waals surface area contributed by atoms with Crippen LogP contribution in [-0.2, 0) is 18.2 Å². The van der Waals surface area contributed by atoms with E-state index in [1.807, 2.05) is 31.3 Å². The summed E-state index contributed by atoms with van der Waals surface area (Å²) < 4.78 is 7.46. The van der Waals surface area contributed by atoms with Crippen LogP contribution in [0.1, 0.15) is 20.9 Å². The molecule has 1 aromatic carbocycles. The van der Waals surface area contributed by atoms with Crippen molar-refractivity contribution < 1.29 is 14.6 Å². The molecular formula is C20H19N3O3S. The zero-order chi connectivity index (χ0) is 19.0. The fourth-order valence-electron chi connectivity index (χ4n) is 3.57. The number of aromatic carboxylic acids is 1. The van der Waals surface area contributed by atoms with Gasteiger partial charge in [0, 0.05) is 37.8 Å². The van der Waals surface area contributed by atoms with Crippen LogP contribution < -0.4 is 4.90 Å². The summed E-state index contributed by atoms with van der Waals surface area (Å²) in [5, 5.41) is 11.6. The van der Waals surface area contributed by atoms with E-state index in [9.17, 15) is 9.90 Å². The number of thiophene rings is 1. The van der Waals surface area contributed by atoms with Gasteiger partial charge in [-0.1, -0.05) is 18.2 Å². The van der Waals surface area contributed by atoms with Crippen molar-refractivity contribution in [3.05, 3.63) is 57.9 Å². The topological polar surface area (TPSA) is 59.1 Å². The van der Waals surface area contributed by atoms with Crippen LogP contribution in [0, 0.1) is 6.57 Å². The van der Waals surface area contributed by atoms with Crippen molar-refractivity contribution in [1.82, 2.24) is 4.57 Å². The molecule has 0 atom stereocenters. The molecule has 3 heterocycles. The number of aryl methyl sites for hydroxylation is 1. The summed E-state index contributed by atoms with van der Waals surface area (Å²) in [5.41, 5.74) is 3.16. The highest BCUT2D eigenvalue weighted by molar-refractivity contribution is 7.18. The van der Waals surface area contributed by atoms with Gasteiger partial charge in [-0.2, -0.15) is 0 Å². The first kappa shape index (κ1) is 17.6. The van der Waals surface area contributed by atoms with Crippen LogP contribution in [0.5, 0.6) is 0 Å². The van der Waals surface area contributed by atoms with Gasteiger partial charge in [-0.25, -0.2) is 9.64 Å². The lowest BCUT2D eigenvalue weighted by Gasteiger charge is -2.28. The Morgan fingerprint density at radius 3 is 2.74 bits per heavy atom. The Morgan fingerprint density at radius 1 is 1.33 bits per heavy atom. The first-order chi connectivity index (χ1) is 13.1. The van der Waals surface area contributed by atoms with Crippen molar-refractivity contribution in [2.45, 2.75) is 6.42 Å².